The highest BCUT2D eigenvalue weighted by Crippen LogP contribution is 2.64. The number of benzene rings is 1. The summed E-state index contributed by atoms with van der Waals surface area (Å²) in [5.74, 6) is -1.95. The van der Waals surface area contributed by atoms with E-state index in [1.807, 2.05) is 12.1 Å². The van der Waals surface area contributed by atoms with Gasteiger partial charge in [-0.3, -0.25) is 4.79 Å². The molecule has 0 aliphatic heterocycles. The third kappa shape index (κ3) is 1.46. The van der Waals surface area contributed by atoms with E-state index in [4.69, 9.17) is 27.9 Å². The summed E-state index contributed by atoms with van der Waals surface area (Å²) in [4.78, 5) is 11.3. The SMILES string of the molecule is N#CC1(C#N)[C@H](C(N)=O)[C@@H]1c1ccccc1Cl. The zero-order chi connectivity index (χ0) is 12.6. The minimum atomic E-state index is -1.36. The third-order valence-corrected chi connectivity index (χ3v) is 3.47. The fourth-order valence-corrected chi connectivity index (χ4v) is 2.49. The van der Waals surface area contributed by atoms with Gasteiger partial charge in [-0.25, -0.2) is 0 Å². The van der Waals surface area contributed by atoms with Crippen molar-refractivity contribution < 1.29 is 4.79 Å². The number of primary amides is 1. The van der Waals surface area contributed by atoms with Crippen LogP contribution in [0.4, 0.5) is 0 Å². The molecular weight excluding hydrogens is 238 g/mol. The van der Waals surface area contributed by atoms with E-state index in [1.54, 1.807) is 24.3 Å². The molecule has 0 unspecified atom stereocenters. The van der Waals surface area contributed by atoms with Gasteiger partial charge in [0.2, 0.25) is 5.91 Å². The molecule has 5 heteroatoms. The smallest absolute Gasteiger partial charge is 0.223 e. The van der Waals surface area contributed by atoms with Crippen LogP contribution in [0.3, 0.4) is 0 Å². The van der Waals surface area contributed by atoms with Crippen LogP contribution < -0.4 is 5.73 Å². The number of hydrogen-bond donors (Lipinski definition) is 1. The number of nitrogens with zero attached hydrogens (tertiary/aromatic N) is 2. The van der Waals surface area contributed by atoms with Crippen molar-refractivity contribution in [2.75, 3.05) is 0 Å². The fraction of sp³-hybridized carbons (Fsp3) is 0.250. The summed E-state index contributed by atoms with van der Waals surface area (Å²) in [5.41, 5.74) is 4.48. The van der Waals surface area contributed by atoms with Gasteiger partial charge in [0.1, 0.15) is 0 Å². The van der Waals surface area contributed by atoms with Crippen molar-refractivity contribution in [3.63, 3.8) is 0 Å². The second-order valence-electron chi connectivity index (χ2n) is 3.97. The van der Waals surface area contributed by atoms with Crippen molar-refractivity contribution in [2.24, 2.45) is 17.1 Å². The van der Waals surface area contributed by atoms with Crippen LogP contribution in [0, 0.1) is 34.0 Å². The maximum Gasteiger partial charge on any atom is 0.223 e. The van der Waals surface area contributed by atoms with Crippen LogP contribution in [0.1, 0.15) is 11.5 Å². The van der Waals surface area contributed by atoms with Crippen molar-refractivity contribution in [1.82, 2.24) is 0 Å². The first-order valence-corrected chi connectivity index (χ1v) is 5.32. The largest absolute Gasteiger partial charge is 0.369 e. The topological polar surface area (TPSA) is 90.7 Å². The van der Waals surface area contributed by atoms with Crippen LogP contribution in [0.15, 0.2) is 24.3 Å². The summed E-state index contributed by atoms with van der Waals surface area (Å²) in [7, 11) is 0. The van der Waals surface area contributed by atoms with E-state index < -0.39 is 23.2 Å². The molecule has 0 heterocycles. The second-order valence-corrected chi connectivity index (χ2v) is 4.38. The van der Waals surface area contributed by atoms with Gasteiger partial charge in [-0.15, -0.1) is 0 Å². The molecule has 1 aromatic carbocycles. The van der Waals surface area contributed by atoms with E-state index in [9.17, 15) is 4.79 Å². The van der Waals surface area contributed by atoms with Gasteiger partial charge < -0.3 is 5.73 Å². The maximum absolute atomic E-state index is 11.3. The number of nitriles is 2. The van der Waals surface area contributed by atoms with Gasteiger partial charge in [0, 0.05) is 10.9 Å². The van der Waals surface area contributed by atoms with E-state index >= 15 is 0 Å². The Bertz CT molecular complexity index is 556. The number of carbonyl (C=O) groups excluding carboxylic acids is 1. The first kappa shape index (κ1) is 11.4. The van der Waals surface area contributed by atoms with Gasteiger partial charge >= 0.3 is 0 Å². The lowest BCUT2D eigenvalue weighted by atomic mass is 10.0. The minimum Gasteiger partial charge on any atom is -0.369 e. The molecule has 2 N–H and O–H groups in total. The quantitative estimate of drug-likeness (QED) is 0.857. The summed E-state index contributed by atoms with van der Waals surface area (Å²) in [6.07, 6.45) is 0. The van der Waals surface area contributed by atoms with E-state index in [0.29, 0.717) is 10.6 Å². The molecule has 0 spiro atoms. The van der Waals surface area contributed by atoms with Gasteiger partial charge in [0.25, 0.3) is 0 Å². The Kier molecular flexibility index (Phi) is 2.53. The van der Waals surface area contributed by atoms with Crippen molar-refractivity contribution >= 4 is 17.5 Å². The first-order chi connectivity index (χ1) is 8.08. The highest BCUT2D eigenvalue weighted by Gasteiger charge is 2.70. The van der Waals surface area contributed by atoms with Gasteiger partial charge in [0.15, 0.2) is 5.41 Å². The molecule has 4 nitrogen and oxygen atoms in total. The average Bonchev–Trinajstić information content (AvgIpc) is 2.99. The molecule has 17 heavy (non-hydrogen) atoms. The Morgan fingerprint density at radius 3 is 2.35 bits per heavy atom. The Balaban J connectivity index is 2.50. The van der Waals surface area contributed by atoms with Crippen molar-refractivity contribution in [3.05, 3.63) is 34.9 Å². The van der Waals surface area contributed by atoms with E-state index in [1.165, 1.54) is 0 Å². The lowest BCUT2D eigenvalue weighted by molar-refractivity contribution is -0.119. The molecule has 0 aromatic heterocycles. The summed E-state index contributed by atoms with van der Waals surface area (Å²) in [6, 6.07) is 10.6. The molecule has 0 saturated heterocycles. The van der Waals surface area contributed by atoms with Crippen LogP contribution in [-0.4, -0.2) is 5.91 Å². The molecule has 0 bridgehead atoms. The standard InChI is InChI=1S/C12H8ClN3O/c13-8-4-2-1-3-7(8)9-10(11(16)17)12(9,5-14)6-15/h1-4,9-10H,(H2,16,17)/t9-,10-/m0/s1. The fourth-order valence-electron chi connectivity index (χ4n) is 2.23. The molecule has 1 fully saturated rings. The van der Waals surface area contributed by atoms with Crippen LogP contribution in [0.5, 0.6) is 0 Å². The third-order valence-electron chi connectivity index (χ3n) is 3.12. The summed E-state index contributed by atoms with van der Waals surface area (Å²) in [5, 5.41) is 18.6. The zero-order valence-electron chi connectivity index (χ0n) is 8.72. The van der Waals surface area contributed by atoms with Gasteiger partial charge in [0.05, 0.1) is 18.1 Å². The number of rotatable bonds is 2. The number of halogens is 1. The molecule has 1 aliphatic carbocycles. The average molecular weight is 246 g/mol. The second kappa shape index (κ2) is 3.76. The highest BCUT2D eigenvalue weighted by atomic mass is 35.5. The van der Waals surface area contributed by atoms with Crippen molar-refractivity contribution in [2.45, 2.75) is 5.92 Å². The number of carbonyl (C=O) groups is 1. The first-order valence-electron chi connectivity index (χ1n) is 4.94. The van der Waals surface area contributed by atoms with Crippen LogP contribution in [-0.2, 0) is 4.79 Å². The Labute approximate surface area is 103 Å². The Morgan fingerprint density at radius 1 is 1.35 bits per heavy atom. The van der Waals surface area contributed by atoms with Crippen molar-refractivity contribution in [1.29, 1.82) is 10.5 Å². The minimum absolute atomic E-state index is 0.441. The molecule has 1 aliphatic rings. The van der Waals surface area contributed by atoms with Crippen molar-refractivity contribution in [3.8, 4) is 12.1 Å². The molecule has 1 amide bonds. The van der Waals surface area contributed by atoms with E-state index in [0.717, 1.165) is 0 Å². The molecule has 0 radical (unpaired) electrons. The van der Waals surface area contributed by atoms with Crippen LogP contribution in [0.25, 0.3) is 0 Å². The Morgan fingerprint density at radius 2 is 1.94 bits per heavy atom. The lowest BCUT2D eigenvalue weighted by Crippen LogP contribution is -2.17. The normalized spacial score (nSPS) is 24.4. The molecule has 2 atom stereocenters. The molecule has 1 aromatic rings. The molecule has 2 rings (SSSR count). The molecular formula is C12H8ClN3O. The Hall–Kier alpha value is -2.04. The summed E-state index contributed by atoms with van der Waals surface area (Å²) < 4.78 is 0. The molecule has 84 valence electrons. The predicted molar refractivity (Wildman–Crippen MR) is 60.5 cm³/mol. The monoisotopic (exact) mass is 245 g/mol. The van der Waals surface area contributed by atoms with Gasteiger partial charge in [-0.05, 0) is 11.6 Å². The number of hydrogen-bond acceptors (Lipinski definition) is 3. The predicted octanol–water partition coefficient (Wildman–Crippen LogP) is 1.57. The zero-order valence-corrected chi connectivity index (χ0v) is 9.48. The van der Waals surface area contributed by atoms with Crippen LogP contribution >= 0.6 is 11.6 Å². The van der Waals surface area contributed by atoms with Crippen LogP contribution in [0.2, 0.25) is 5.02 Å². The number of amides is 1. The lowest BCUT2D eigenvalue weighted by Gasteiger charge is -2.01. The highest BCUT2D eigenvalue weighted by molar-refractivity contribution is 6.31. The summed E-state index contributed by atoms with van der Waals surface area (Å²) in [6.45, 7) is 0. The van der Waals surface area contributed by atoms with Gasteiger partial charge in [-0.2, -0.15) is 10.5 Å². The maximum atomic E-state index is 11.3. The van der Waals surface area contributed by atoms with E-state index in [-0.39, 0.29) is 0 Å². The summed E-state index contributed by atoms with van der Waals surface area (Å²) >= 11 is 6.00. The molecule has 1 saturated carbocycles. The van der Waals surface area contributed by atoms with E-state index in [2.05, 4.69) is 0 Å². The number of nitrogens with two attached hydrogens (primary N) is 1. The van der Waals surface area contributed by atoms with Gasteiger partial charge in [-0.1, -0.05) is 29.8 Å².